The molecule has 3 rings (SSSR count). The predicted octanol–water partition coefficient (Wildman–Crippen LogP) is 3.15. The molecule has 0 atom stereocenters. The number of hydrogen-bond acceptors (Lipinski definition) is 5. The van der Waals surface area contributed by atoms with Crippen LogP contribution in [0.4, 0.5) is 4.39 Å². The lowest BCUT2D eigenvalue weighted by molar-refractivity contribution is 0.0938. The van der Waals surface area contributed by atoms with Crippen LogP contribution in [0.1, 0.15) is 22.0 Å². The molecule has 2 heterocycles. The molecule has 0 saturated carbocycles. The molecule has 3 aromatic rings. The van der Waals surface area contributed by atoms with E-state index >= 15 is 0 Å². The standard InChI is InChI=1S/C17H15FN2O4/c1-22-10-12-8-15(20-24-12)17(21)19-9-11-6-7-16(23-11)13-4-2-3-5-14(13)18/h2-8H,9-10H2,1H3,(H,19,21). The van der Waals surface area contributed by atoms with E-state index in [2.05, 4.69) is 10.5 Å². The molecule has 0 fully saturated rings. The van der Waals surface area contributed by atoms with Crippen LogP contribution in [0.5, 0.6) is 0 Å². The van der Waals surface area contributed by atoms with Gasteiger partial charge in [-0.3, -0.25) is 4.79 Å². The van der Waals surface area contributed by atoms with Crippen LogP contribution < -0.4 is 5.32 Å². The number of aromatic nitrogens is 1. The van der Waals surface area contributed by atoms with Crippen LogP contribution in [0.3, 0.4) is 0 Å². The van der Waals surface area contributed by atoms with Gasteiger partial charge in [-0.1, -0.05) is 17.3 Å². The van der Waals surface area contributed by atoms with E-state index in [-0.39, 0.29) is 24.7 Å². The molecule has 1 N–H and O–H groups in total. The summed E-state index contributed by atoms with van der Waals surface area (Å²) in [5.74, 6) is 0.603. The van der Waals surface area contributed by atoms with Crippen LogP contribution in [0.25, 0.3) is 11.3 Å². The number of methoxy groups -OCH3 is 1. The largest absolute Gasteiger partial charge is 0.459 e. The Balaban J connectivity index is 1.63. The normalized spacial score (nSPS) is 10.8. The number of nitrogens with zero attached hydrogens (tertiary/aromatic N) is 1. The maximum absolute atomic E-state index is 13.7. The monoisotopic (exact) mass is 330 g/mol. The molecule has 2 aromatic heterocycles. The minimum Gasteiger partial charge on any atom is -0.459 e. The van der Waals surface area contributed by atoms with Gasteiger partial charge in [0, 0.05) is 13.2 Å². The number of carbonyl (C=O) groups excluding carboxylic acids is 1. The van der Waals surface area contributed by atoms with Crippen molar-refractivity contribution in [1.82, 2.24) is 10.5 Å². The molecule has 0 radical (unpaired) electrons. The SMILES string of the molecule is COCc1cc(C(=O)NCc2ccc(-c3ccccc3F)o2)no1. The van der Waals surface area contributed by atoms with Crippen molar-refractivity contribution in [1.29, 1.82) is 0 Å². The van der Waals surface area contributed by atoms with Crippen molar-refractivity contribution in [2.45, 2.75) is 13.2 Å². The fraction of sp³-hybridized carbons (Fsp3) is 0.176. The third kappa shape index (κ3) is 3.52. The predicted molar refractivity (Wildman–Crippen MR) is 82.5 cm³/mol. The Kier molecular flexibility index (Phi) is 4.72. The van der Waals surface area contributed by atoms with Gasteiger partial charge in [0.15, 0.2) is 11.5 Å². The van der Waals surface area contributed by atoms with Gasteiger partial charge in [0.25, 0.3) is 5.91 Å². The van der Waals surface area contributed by atoms with Gasteiger partial charge in [0.05, 0.1) is 12.1 Å². The third-order valence-electron chi connectivity index (χ3n) is 3.30. The number of ether oxygens (including phenoxy) is 1. The van der Waals surface area contributed by atoms with E-state index < -0.39 is 5.91 Å². The van der Waals surface area contributed by atoms with E-state index in [1.165, 1.54) is 19.2 Å². The molecular weight excluding hydrogens is 315 g/mol. The molecule has 0 saturated heterocycles. The minimum atomic E-state index is -0.398. The third-order valence-corrected chi connectivity index (χ3v) is 3.30. The molecule has 0 bridgehead atoms. The van der Waals surface area contributed by atoms with E-state index in [0.717, 1.165) is 0 Å². The Labute approximate surface area is 137 Å². The Bertz CT molecular complexity index is 840. The molecule has 0 unspecified atom stereocenters. The average molecular weight is 330 g/mol. The zero-order chi connectivity index (χ0) is 16.9. The highest BCUT2D eigenvalue weighted by atomic mass is 19.1. The molecule has 7 heteroatoms. The van der Waals surface area contributed by atoms with Gasteiger partial charge in [0.1, 0.15) is 23.9 Å². The van der Waals surface area contributed by atoms with Gasteiger partial charge in [-0.15, -0.1) is 0 Å². The van der Waals surface area contributed by atoms with Crippen LogP contribution in [0.15, 0.2) is 51.4 Å². The lowest BCUT2D eigenvalue weighted by Gasteiger charge is -2.01. The van der Waals surface area contributed by atoms with E-state index in [9.17, 15) is 9.18 Å². The summed E-state index contributed by atoms with van der Waals surface area (Å²) in [5.41, 5.74) is 0.527. The second-order valence-corrected chi connectivity index (χ2v) is 5.04. The molecule has 1 amide bonds. The number of halogens is 1. The zero-order valence-corrected chi connectivity index (χ0v) is 12.9. The highest BCUT2D eigenvalue weighted by Gasteiger charge is 2.14. The van der Waals surface area contributed by atoms with Crippen molar-refractivity contribution in [2.75, 3.05) is 7.11 Å². The summed E-state index contributed by atoms with van der Waals surface area (Å²) in [5, 5.41) is 6.32. The first-order valence-electron chi connectivity index (χ1n) is 7.23. The molecule has 124 valence electrons. The van der Waals surface area contributed by atoms with E-state index in [1.807, 2.05) is 0 Å². The summed E-state index contributed by atoms with van der Waals surface area (Å²) < 4.78 is 29.1. The molecule has 0 aliphatic carbocycles. The highest BCUT2D eigenvalue weighted by molar-refractivity contribution is 5.92. The van der Waals surface area contributed by atoms with Gasteiger partial charge >= 0.3 is 0 Å². The minimum absolute atomic E-state index is 0.153. The van der Waals surface area contributed by atoms with Gasteiger partial charge in [0.2, 0.25) is 0 Å². The fourth-order valence-electron chi connectivity index (χ4n) is 2.17. The van der Waals surface area contributed by atoms with E-state index in [0.29, 0.717) is 22.8 Å². The summed E-state index contributed by atoms with van der Waals surface area (Å²) in [4.78, 5) is 12.0. The number of carbonyl (C=O) groups is 1. The van der Waals surface area contributed by atoms with Crippen LogP contribution >= 0.6 is 0 Å². The van der Waals surface area contributed by atoms with Gasteiger partial charge in [-0.05, 0) is 24.3 Å². The lowest BCUT2D eigenvalue weighted by Crippen LogP contribution is -2.22. The van der Waals surface area contributed by atoms with Crippen LogP contribution in [-0.2, 0) is 17.9 Å². The second kappa shape index (κ2) is 7.10. The van der Waals surface area contributed by atoms with Gasteiger partial charge in [-0.25, -0.2) is 4.39 Å². The first-order valence-corrected chi connectivity index (χ1v) is 7.23. The van der Waals surface area contributed by atoms with Gasteiger partial charge in [-0.2, -0.15) is 0 Å². The number of amides is 1. The molecule has 1 aromatic carbocycles. The van der Waals surface area contributed by atoms with E-state index in [1.54, 1.807) is 30.3 Å². The summed E-state index contributed by atoms with van der Waals surface area (Å²) in [6.07, 6.45) is 0. The second-order valence-electron chi connectivity index (χ2n) is 5.04. The molecule has 0 aliphatic rings. The summed E-state index contributed by atoms with van der Waals surface area (Å²) >= 11 is 0. The molecule has 24 heavy (non-hydrogen) atoms. The van der Waals surface area contributed by atoms with Crippen LogP contribution in [0.2, 0.25) is 0 Å². The van der Waals surface area contributed by atoms with Crippen LogP contribution in [0, 0.1) is 5.82 Å². The smallest absolute Gasteiger partial charge is 0.273 e. The van der Waals surface area contributed by atoms with Crippen molar-refractivity contribution in [3.8, 4) is 11.3 Å². The Morgan fingerprint density at radius 3 is 2.88 bits per heavy atom. The Morgan fingerprint density at radius 1 is 1.25 bits per heavy atom. The van der Waals surface area contributed by atoms with E-state index in [4.69, 9.17) is 13.7 Å². The molecule has 6 nitrogen and oxygen atoms in total. The Morgan fingerprint density at radius 2 is 2.08 bits per heavy atom. The number of hydrogen-bond donors (Lipinski definition) is 1. The summed E-state index contributed by atoms with van der Waals surface area (Å²) in [6, 6.07) is 11.2. The molecule has 0 spiro atoms. The maximum atomic E-state index is 13.7. The highest BCUT2D eigenvalue weighted by Crippen LogP contribution is 2.24. The quantitative estimate of drug-likeness (QED) is 0.751. The number of benzene rings is 1. The topological polar surface area (TPSA) is 77.5 Å². The summed E-state index contributed by atoms with van der Waals surface area (Å²) in [7, 11) is 1.52. The Hall–Kier alpha value is -2.93. The van der Waals surface area contributed by atoms with Crippen molar-refractivity contribution in [3.63, 3.8) is 0 Å². The average Bonchev–Trinajstić information content (AvgIpc) is 3.23. The fourth-order valence-corrected chi connectivity index (χ4v) is 2.17. The molecule has 0 aliphatic heterocycles. The molecular formula is C17H15FN2O4. The van der Waals surface area contributed by atoms with Crippen molar-refractivity contribution >= 4 is 5.91 Å². The van der Waals surface area contributed by atoms with Gasteiger partial charge < -0.3 is 19.0 Å². The van der Waals surface area contributed by atoms with Crippen molar-refractivity contribution in [2.24, 2.45) is 0 Å². The first kappa shape index (κ1) is 15.9. The van der Waals surface area contributed by atoms with Crippen molar-refractivity contribution < 1.29 is 22.9 Å². The zero-order valence-electron chi connectivity index (χ0n) is 12.9. The lowest BCUT2D eigenvalue weighted by atomic mass is 10.1. The number of nitrogens with one attached hydrogen (secondary N) is 1. The van der Waals surface area contributed by atoms with Crippen molar-refractivity contribution in [3.05, 3.63) is 65.5 Å². The summed E-state index contributed by atoms with van der Waals surface area (Å²) in [6.45, 7) is 0.393. The maximum Gasteiger partial charge on any atom is 0.273 e. The number of rotatable bonds is 6. The first-order chi connectivity index (χ1) is 11.7. The van der Waals surface area contributed by atoms with Crippen LogP contribution in [-0.4, -0.2) is 18.2 Å². The number of furan rings is 1.